The normalized spacial score (nSPS) is 42.6. The molecule has 0 radical (unpaired) electrons. The van der Waals surface area contributed by atoms with Crippen molar-refractivity contribution in [1.29, 1.82) is 0 Å². The summed E-state index contributed by atoms with van der Waals surface area (Å²) in [6, 6.07) is 0. The summed E-state index contributed by atoms with van der Waals surface area (Å²) in [5.41, 5.74) is -0.0432. The lowest BCUT2D eigenvalue weighted by Crippen LogP contribution is -2.48. The standard InChI is InChI=1S/C13H24O3/c1-4-11-7-12(9-14-2)5-6-13(8-11,16-12)10-15-3/h11H,4-10H2,1-3H3/t11?,12-,13+. The number of ether oxygens (including phenoxy) is 3. The largest absolute Gasteiger partial charge is 0.382 e. The molecule has 0 N–H and O–H groups in total. The van der Waals surface area contributed by atoms with Gasteiger partial charge in [0.2, 0.25) is 0 Å². The third-order valence-corrected chi connectivity index (χ3v) is 4.18. The smallest absolute Gasteiger partial charge is 0.0927 e. The second-order valence-corrected chi connectivity index (χ2v) is 5.52. The maximum absolute atomic E-state index is 6.34. The van der Waals surface area contributed by atoms with Gasteiger partial charge in [-0.1, -0.05) is 13.3 Å². The molecule has 2 aliphatic rings. The van der Waals surface area contributed by atoms with Gasteiger partial charge in [0.1, 0.15) is 0 Å². The first kappa shape index (κ1) is 12.3. The van der Waals surface area contributed by atoms with Gasteiger partial charge in [0.25, 0.3) is 0 Å². The number of methoxy groups -OCH3 is 2. The van der Waals surface area contributed by atoms with Crippen LogP contribution >= 0.6 is 0 Å². The van der Waals surface area contributed by atoms with Gasteiger partial charge >= 0.3 is 0 Å². The Morgan fingerprint density at radius 1 is 1.06 bits per heavy atom. The Labute approximate surface area is 98.4 Å². The highest BCUT2D eigenvalue weighted by molar-refractivity contribution is 5.04. The average molecular weight is 228 g/mol. The molecule has 2 heterocycles. The van der Waals surface area contributed by atoms with Gasteiger partial charge < -0.3 is 14.2 Å². The molecule has 0 spiro atoms. The highest BCUT2D eigenvalue weighted by atomic mass is 16.6. The molecule has 94 valence electrons. The van der Waals surface area contributed by atoms with Crippen molar-refractivity contribution in [1.82, 2.24) is 0 Å². The van der Waals surface area contributed by atoms with Crippen LogP contribution in [0.25, 0.3) is 0 Å². The minimum absolute atomic E-state index is 0.0216. The van der Waals surface area contributed by atoms with Crippen LogP contribution in [0, 0.1) is 5.92 Å². The van der Waals surface area contributed by atoms with Gasteiger partial charge in [-0.15, -0.1) is 0 Å². The van der Waals surface area contributed by atoms with Gasteiger partial charge in [-0.05, 0) is 31.6 Å². The summed E-state index contributed by atoms with van der Waals surface area (Å²) in [6.07, 6.45) is 5.80. The van der Waals surface area contributed by atoms with E-state index in [0.29, 0.717) is 0 Å². The first-order valence-electron chi connectivity index (χ1n) is 6.36. The van der Waals surface area contributed by atoms with E-state index in [1.165, 1.54) is 6.42 Å². The lowest BCUT2D eigenvalue weighted by molar-refractivity contribution is -0.193. The molecule has 2 fully saturated rings. The Morgan fingerprint density at radius 3 is 1.94 bits per heavy atom. The third-order valence-electron chi connectivity index (χ3n) is 4.18. The van der Waals surface area contributed by atoms with E-state index in [2.05, 4.69) is 6.92 Å². The van der Waals surface area contributed by atoms with Gasteiger partial charge in [0.05, 0.1) is 24.4 Å². The van der Waals surface area contributed by atoms with Crippen LogP contribution in [-0.4, -0.2) is 38.6 Å². The first-order valence-corrected chi connectivity index (χ1v) is 6.36. The maximum Gasteiger partial charge on any atom is 0.0927 e. The molecule has 3 nitrogen and oxygen atoms in total. The molecular formula is C13H24O3. The predicted octanol–water partition coefficient (Wildman–Crippen LogP) is 2.39. The number of fused-ring (bicyclic) bond motifs is 2. The van der Waals surface area contributed by atoms with Crippen molar-refractivity contribution in [3.63, 3.8) is 0 Å². The van der Waals surface area contributed by atoms with E-state index >= 15 is 0 Å². The van der Waals surface area contributed by atoms with E-state index < -0.39 is 0 Å². The van der Waals surface area contributed by atoms with Crippen LogP contribution in [0.1, 0.15) is 39.0 Å². The molecule has 2 bridgehead atoms. The van der Waals surface area contributed by atoms with E-state index in [1.807, 2.05) is 0 Å². The summed E-state index contributed by atoms with van der Waals surface area (Å²) in [5.74, 6) is 0.765. The topological polar surface area (TPSA) is 27.7 Å². The Balaban J connectivity index is 2.13. The molecule has 0 saturated carbocycles. The lowest BCUT2D eigenvalue weighted by atomic mass is 9.82. The van der Waals surface area contributed by atoms with E-state index in [0.717, 1.165) is 44.8 Å². The van der Waals surface area contributed by atoms with Gasteiger partial charge in [0, 0.05) is 14.2 Å². The van der Waals surface area contributed by atoms with E-state index in [9.17, 15) is 0 Å². The summed E-state index contributed by atoms with van der Waals surface area (Å²) >= 11 is 0. The second kappa shape index (κ2) is 4.63. The fourth-order valence-corrected chi connectivity index (χ4v) is 3.56. The van der Waals surface area contributed by atoms with Crippen LogP contribution in [0.5, 0.6) is 0 Å². The fraction of sp³-hybridized carbons (Fsp3) is 1.00. The Kier molecular flexibility index (Phi) is 3.57. The van der Waals surface area contributed by atoms with Crippen LogP contribution in [-0.2, 0) is 14.2 Å². The van der Waals surface area contributed by atoms with E-state index in [4.69, 9.17) is 14.2 Å². The van der Waals surface area contributed by atoms with Crippen LogP contribution in [0.4, 0.5) is 0 Å². The summed E-state index contributed by atoms with van der Waals surface area (Å²) in [7, 11) is 3.54. The molecular weight excluding hydrogens is 204 g/mol. The van der Waals surface area contributed by atoms with Crippen molar-refractivity contribution in [3.8, 4) is 0 Å². The molecule has 3 heteroatoms. The minimum Gasteiger partial charge on any atom is -0.382 e. The molecule has 16 heavy (non-hydrogen) atoms. The molecule has 0 amide bonds. The zero-order valence-corrected chi connectivity index (χ0v) is 10.8. The van der Waals surface area contributed by atoms with Crippen LogP contribution < -0.4 is 0 Å². The van der Waals surface area contributed by atoms with Crippen LogP contribution in [0.15, 0.2) is 0 Å². The molecule has 3 atom stereocenters. The summed E-state index contributed by atoms with van der Waals surface area (Å²) in [6.45, 7) is 3.74. The number of hydrogen-bond acceptors (Lipinski definition) is 3. The molecule has 0 aliphatic carbocycles. The molecule has 2 rings (SSSR count). The van der Waals surface area contributed by atoms with Gasteiger partial charge in [-0.3, -0.25) is 0 Å². The van der Waals surface area contributed by atoms with Gasteiger partial charge in [-0.25, -0.2) is 0 Å². The minimum atomic E-state index is -0.0216. The van der Waals surface area contributed by atoms with Gasteiger partial charge in [0.15, 0.2) is 0 Å². The average Bonchev–Trinajstić information content (AvgIpc) is 2.52. The van der Waals surface area contributed by atoms with Crippen molar-refractivity contribution >= 4 is 0 Å². The van der Waals surface area contributed by atoms with Crippen molar-refractivity contribution in [2.75, 3.05) is 27.4 Å². The number of hydrogen-bond donors (Lipinski definition) is 0. The van der Waals surface area contributed by atoms with Crippen LogP contribution in [0.2, 0.25) is 0 Å². The van der Waals surface area contributed by atoms with E-state index in [1.54, 1.807) is 14.2 Å². The summed E-state index contributed by atoms with van der Waals surface area (Å²) in [5, 5.41) is 0. The highest BCUT2D eigenvalue weighted by Crippen LogP contribution is 2.51. The van der Waals surface area contributed by atoms with Crippen LogP contribution in [0.3, 0.4) is 0 Å². The summed E-state index contributed by atoms with van der Waals surface area (Å²) < 4.78 is 17.0. The Hall–Kier alpha value is -0.120. The Morgan fingerprint density at radius 2 is 1.56 bits per heavy atom. The Bertz CT molecular complexity index is 221. The molecule has 0 aromatic rings. The van der Waals surface area contributed by atoms with Crippen molar-refractivity contribution in [2.24, 2.45) is 5.92 Å². The predicted molar refractivity (Wildman–Crippen MR) is 62.5 cm³/mol. The van der Waals surface area contributed by atoms with Crippen molar-refractivity contribution in [2.45, 2.75) is 50.2 Å². The second-order valence-electron chi connectivity index (χ2n) is 5.52. The van der Waals surface area contributed by atoms with Gasteiger partial charge in [-0.2, -0.15) is 0 Å². The number of rotatable bonds is 5. The lowest BCUT2D eigenvalue weighted by Gasteiger charge is -2.43. The molecule has 2 aliphatic heterocycles. The van der Waals surface area contributed by atoms with E-state index in [-0.39, 0.29) is 11.2 Å². The molecule has 0 aromatic carbocycles. The summed E-state index contributed by atoms with van der Waals surface area (Å²) in [4.78, 5) is 0. The zero-order chi connectivity index (χ0) is 11.6. The molecule has 0 aromatic heterocycles. The van der Waals surface area contributed by atoms with Crippen molar-refractivity contribution in [3.05, 3.63) is 0 Å². The third kappa shape index (κ3) is 2.13. The maximum atomic E-state index is 6.34. The highest BCUT2D eigenvalue weighted by Gasteiger charge is 2.54. The quantitative estimate of drug-likeness (QED) is 0.723. The fourth-order valence-electron chi connectivity index (χ4n) is 3.56. The van der Waals surface area contributed by atoms with Crippen molar-refractivity contribution < 1.29 is 14.2 Å². The first-order chi connectivity index (χ1) is 7.67. The SMILES string of the molecule is CCC1C[C@@]2(COC)CC[C@@](COC)(C1)O2. The zero-order valence-electron chi connectivity index (χ0n) is 10.8. The molecule has 1 unspecified atom stereocenters. The monoisotopic (exact) mass is 228 g/mol. The molecule has 2 saturated heterocycles.